The van der Waals surface area contributed by atoms with Crippen LogP contribution in [0.15, 0.2) is 42.5 Å². The molecule has 0 fully saturated rings. The lowest BCUT2D eigenvalue weighted by Crippen LogP contribution is -2.54. The summed E-state index contributed by atoms with van der Waals surface area (Å²) in [4.78, 5) is 28.0. The van der Waals surface area contributed by atoms with Gasteiger partial charge in [0.05, 0.1) is 11.9 Å². The Morgan fingerprint density at radius 1 is 0.971 bits per heavy atom. The summed E-state index contributed by atoms with van der Waals surface area (Å²) in [6, 6.07) is 12.3. The van der Waals surface area contributed by atoms with Crippen molar-refractivity contribution in [2.75, 3.05) is 17.1 Å². The average Bonchev–Trinajstić information content (AvgIpc) is 2.66. The highest BCUT2D eigenvalue weighted by Gasteiger charge is 2.31. The summed E-state index contributed by atoms with van der Waals surface area (Å²) in [6.07, 6.45) is 1.08. The zero-order valence-corrected chi connectivity index (χ0v) is 22.3. The minimum Gasteiger partial charge on any atom is -0.350 e. The van der Waals surface area contributed by atoms with E-state index in [4.69, 9.17) is 0 Å². The van der Waals surface area contributed by atoms with Crippen LogP contribution in [0.25, 0.3) is 0 Å². The second-order valence-electron chi connectivity index (χ2n) is 10.0. The Balaban J connectivity index is 2.44. The number of amides is 2. The molecule has 8 heteroatoms. The van der Waals surface area contributed by atoms with Crippen LogP contribution in [0.4, 0.5) is 5.69 Å². The van der Waals surface area contributed by atoms with Gasteiger partial charge in [0.1, 0.15) is 12.6 Å². The van der Waals surface area contributed by atoms with E-state index in [9.17, 15) is 18.0 Å². The summed E-state index contributed by atoms with van der Waals surface area (Å²) in [5.41, 5.74) is 3.64. The highest BCUT2D eigenvalue weighted by atomic mass is 32.2. The van der Waals surface area contributed by atoms with Crippen molar-refractivity contribution in [1.29, 1.82) is 0 Å². The van der Waals surface area contributed by atoms with Gasteiger partial charge >= 0.3 is 0 Å². The van der Waals surface area contributed by atoms with E-state index in [-0.39, 0.29) is 12.5 Å². The molecule has 0 aliphatic rings. The zero-order valence-electron chi connectivity index (χ0n) is 21.5. The van der Waals surface area contributed by atoms with Gasteiger partial charge < -0.3 is 10.2 Å². The number of benzene rings is 2. The normalized spacial score (nSPS) is 12.7. The molecule has 186 valence electrons. The van der Waals surface area contributed by atoms with E-state index in [1.54, 1.807) is 19.1 Å². The maximum Gasteiger partial charge on any atom is 0.244 e. The number of hydrogen-bond donors (Lipinski definition) is 1. The monoisotopic (exact) mass is 487 g/mol. The van der Waals surface area contributed by atoms with Gasteiger partial charge in [0.15, 0.2) is 0 Å². The van der Waals surface area contributed by atoms with Gasteiger partial charge in [-0.3, -0.25) is 13.9 Å². The van der Waals surface area contributed by atoms with Crippen LogP contribution in [-0.2, 0) is 26.2 Å². The van der Waals surface area contributed by atoms with E-state index in [0.717, 1.165) is 32.8 Å². The Bertz CT molecular complexity index is 1130. The van der Waals surface area contributed by atoms with Crippen molar-refractivity contribution < 1.29 is 18.0 Å². The molecule has 0 saturated carbocycles. The molecular weight excluding hydrogens is 450 g/mol. The number of aryl methyl sites for hydroxylation is 3. The Hall–Kier alpha value is -2.87. The fraction of sp³-hybridized carbons (Fsp3) is 0.462. The van der Waals surface area contributed by atoms with Gasteiger partial charge in [0.25, 0.3) is 0 Å². The van der Waals surface area contributed by atoms with Gasteiger partial charge in [-0.05, 0) is 77.3 Å². The molecule has 0 unspecified atom stereocenters. The van der Waals surface area contributed by atoms with Crippen LogP contribution in [-0.4, -0.2) is 49.5 Å². The average molecular weight is 488 g/mol. The quantitative estimate of drug-likeness (QED) is 0.615. The predicted molar refractivity (Wildman–Crippen MR) is 137 cm³/mol. The highest BCUT2D eigenvalue weighted by Crippen LogP contribution is 2.22. The molecular formula is C26H37N3O4S. The van der Waals surface area contributed by atoms with Gasteiger partial charge in [-0.2, -0.15) is 0 Å². The molecule has 0 aromatic heterocycles. The largest absolute Gasteiger partial charge is 0.350 e. The maximum absolute atomic E-state index is 13.6. The van der Waals surface area contributed by atoms with Gasteiger partial charge in [-0.1, -0.05) is 35.9 Å². The van der Waals surface area contributed by atoms with E-state index < -0.39 is 34.1 Å². The smallest absolute Gasteiger partial charge is 0.244 e. The zero-order chi connectivity index (χ0) is 25.8. The predicted octanol–water partition coefficient (Wildman–Crippen LogP) is 3.71. The molecule has 2 aromatic rings. The number of anilines is 1. The van der Waals surface area contributed by atoms with Crippen molar-refractivity contribution in [3.63, 3.8) is 0 Å². The van der Waals surface area contributed by atoms with Crippen LogP contribution in [0.3, 0.4) is 0 Å². The van der Waals surface area contributed by atoms with Crippen LogP contribution >= 0.6 is 0 Å². The van der Waals surface area contributed by atoms with Crippen LogP contribution in [0.5, 0.6) is 0 Å². The van der Waals surface area contributed by atoms with Crippen molar-refractivity contribution >= 4 is 27.5 Å². The molecule has 0 saturated heterocycles. The number of carbonyl (C=O) groups excluding carboxylic acids is 2. The van der Waals surface area contributed by atoms with E-state index in [1.807, 2.05) is 71.9 Å². The van der Waals surface area contributed by atoms with E-state index >= 15 is 0 Å². The lowest BCUT2D eigenvalue weighted by Gasteiger charge is -2.33. The molecule has 2 amide bonds. The van der Waals surface area contributed by atoms with Crippen molar-refractivity contribution in [3.8, 4) is 0 Å². The molecule has 0 bridgehead atoms. The number of nitrogens with one attached hydrogen (secondary N) is 1. The van der Waals surface area contributed by atoms with E-state index in [1.165, 1.54) is 4.90 Å². The van der Waals surface area contributed by atoms with E-state index in [2.05, 4.69) is 5.32 Å². The van der Waals surface area contributed by atoms with Gasteiger partial charge in [-0.25, -0.2) is 8.42 Å². The van der Waals surface area contributed by atoms with Crippen LogP contribution in [0.2, 0.25) is 0 Å². The molecule has 0 aliphatic heterocycles. The molecule has 34 heavy (non-hydrogen) atoms. The van der Waals surface area contributed by atoms with Crippen molar-refractivity contribution in [1.82, 2.24) is 10.2 Å². The second kappa shape index (κ2) is 10.6. The lowest BCUT2D eigenvalue weighted by atomic mass is 10.1. The Labute approximate surface area is 204 Å². The summed E-state index contributed by atoms with van der Waals surface area (Å²) in [6.45, 7) is 12.8. The van der Waals surface area contributed by atoms with Crippen molar-refractivity contribution in [3.05, 3.63) is 64.7 Å². The minimum absolute atomic E-state index is 0.184. The first-order valence-electron chi connectivity index (χ1n) is 11.3. The van der Waals surface area contributed by atoms with Gasteiger partial charge in [-0.15, -0.1) is 0 Å². The third-order valence-corrected chi connectivity index (χ3v) is 6.42. The fourth-order valence-corrected chi connectivity index (χ4v) is 4.61. The molecule has 2 aromatic carbocycles. The molecule has 7 nitrogen and oxygen atoms in total. The summed E-state index contributed by atoms with van der Waals surface area (Å²) in [5.74, 6) is -0.756. The van der Waals surface area contributed by atoms with Gasteiger partial charge in [0, 0.05) is 12.1 Å². The number of carbonyl (C=O) groups is 2. The second-order valence-corrected chi connectivity index (χ2v) is 11.9. The highest BCUT2D eigenvalue weighted by molar-refractivity contribution is 7.92. The van der Waals surface area contributed by atoms with Crippen LogP contribution in [0, 0.1) is 20.8 Å². The molecule has 1 atom stereocenters. The SMILES string of the molecule is Cc1cccc(CN(C(=O)CN(c2cc(C)cc(C)c2)S(C)(=O)=O)[C@@H](C)C(=O)NC(C)(C)C)c1. The molecule has 0 radical (unpaired) electrons. The third-order valence-electron chi connectivity index (χ3n) is 5.27. The fourth-order valence-electron chi connectivity index (χ4n) is 3.77. The summed E-state index contributed by atoms with van der Waals surface area (Å²) in [5, 5.41) is 2.92. The van der Waals surface area contributed by atoms with E-state index in [0.29, 0.717) is 5.69 Å². The number of rotatable bonds is 8. The topological polar surface area (TPSA) is 86.8 Å². The molecule has 1 N–H and O–H groups in total. The molecule has 2 rings (SSSR count). The first kappa shape index (κ1) is 27.4. The molecule has 0 aliphatic carbocycles. The van der Waals surface area contributed by atoms with Crippen molar-refractivity contribution in [2.24, 2.45) is 0 Å². The Morgan fingerprint density at radius 3 is 2.06 bits per heavy atom. The summed E-state index contributed by atoms with van der Waals surface area (Å²) in [7, 11) is -3.75. The van der Waals surface area contributed by atoms with Crippen molar-refractivity contribution in [2.45, 2.75) is 66.6 Å². The first-order valence-corrected chi connectivity index (χ1v) is 13.1. The number of nitrogens with zero attached hydrogens (tertiary/aromatic N) is 2. The molecule has 0 heterocycles. The lowest BCUT2D eigenvalue weighted by molar-refractivity contribution is -0.140. The van der Waals surface area contributed by atoms with Gasteiger partial charge in [0.2, 0.25) is 21.8 Å². The Morgan fingerprint density at radius 2 is 1.56 bits per heavy atom. The Kier molecular flexibility index (Phi) is 8.53. The number of hydrogen-bond acceptors (Lipinski definition) is 4. The standard InChI is InChI=1S/C26H37N3O4S/c1-18-10-9-11-22(13-18)16-28(21(4)25(31)27-26(5,6)7)24(30)17-29(34(8,32)33)23-14-19(2)12-20(3)15-23/h9-15,21H,16-17H2,1-8H3,(H,27,31)/t21-/m0/s1. The maximum atomic E-state index is 13.6. The van der Waals surface area contributed by atoms with Crippen LogP contribution < -0.4 is 9.62 Å². The summed E-state index contributed by atoms with van der Waals surface area (Å²) >= 11 is 0. The van der Waals surface area contributed by atoms with Crippen LogP contribution in [0.1, 0.15) is 49.9 Å². The third kappa shape index (κ3) is 7.87. The summed E-state index contributed by atoms with van der Waals surface area (Å²) < 4.78 is 26.5. The minimum atomic E-state index is -3.75. The number of sulfonamides is 1. The first-order chi connectivity index (χ1) is 15.6. The molecule has 0 spiro atoms.